The molecule has 0 radical (unpaired) electrons. The molecule has 0 spiro atoms. The second-order valence-electron chi connectivity index (χ2n) is 7.02. The number of nitrogens with one attached hydrogen (secondary N) is 1. The number of likely N-dealkylation sites (N-methyl/N-ethyl adjacent to an activating group) is 1. The predicted molar refractivity (Wildman–Crippen MR) is 114 cm³/mol. The lowest BCUT2D eigenvalue weighted by Crippen LogP contribution is -2.46. The average molecular weight is 434 g/mol. The van der Waals surface area contributed by atoms with Crippen molar-refractivity contribution in [1.82, 2.24) is 9.21 Å². The van der Waals surface area contributed by atoms with Gasteiger partial charge in [-0.15, -0.1) is 0 Å². The van der Waals surface area contributed by atoms with E-state index in [9.17, 15) is 13.2 Å². The van der Waals surface area contributed by atoms with Crippen molar-refractivity contribution in [3.8, 4) is 5.75 Å². The van der Waals surface area contributed by atoms with E-state index < -0.39 is 10.0 Å². The first kappa shape index (κ1) is 22.2. The smallest absolute Gasteiger partial charge is 0.259 e. The Hall–Kier alpha value is -2.46. The predicted octanol–water partition coefficient (Wildman–Crippen LogP) is 1.90. The number of rotatable bonds is 8. The zero-order valence-electron chi connectivity index (χ0n) is 17.2. The normalized spacial score (nSPS) is 15.7. The number of piperazine rings is 1. The summed E-state index contributed by atoms with van der Waals surface area (Å²) in [6.07, 6.45) is 0. The van der Waals surface area contributed by atoms with Gasteiger partial charge in [-0.1, -0.05) is 12.1 Å². The number of anilines is 1. The molecule has 0 bridgehead atoms. The van der Waals surface area contributed by atoms with Gasteiger partial charge in [-0.05, 0) is 43.4 Å². The van der Waals surface area contributed by atoms with Crippen molar-refractivity contribution in [2.75, 3.05) is 58.9 Å². The molecule has 1 aliphatic rings. The van der Waals surface area contributed by atoms with Crippen LogP contribution in [0.3, 0.4) is 0 Å². The maximum atomic E-state index is 12.8. The van der Waals surface area contributed by atoms with Crippen LogP contribution in [0.2, 0.25) is 0 Å². The topological polar surface area (TPSA) is 88.2 Å². The monoisotopic (exact) mass is 433 g/mol. The summed E-state index contributed by atoms with van der Waals surface area (Å²) in [4.78, 5) is 15.0. The lowest BCUT2D eigenvalue weighted by Gasteiger charge is -2.31. The molecule has 1 heterocycles. The second-order valence-corrected chi connectivity index (χ2v) is 8.96. The quantitative estimate of drug-likeness (QED) is 0.640. The van der Waals surface area contributed by atoms with E-state index in [2.05, 4.69) is 10.2 Å². The molecule has 1 N–H and O–H groups in total. The molecule has 8 nitrogen and oxygen atoms in total. The van der Waals surface area contributed by atoms with Crippen LogP contribution < -0.4 is 10.1 Å². The van der Waals surface area contributed by atoms with Gasteiger partial charge >= 0.3 is 0 Å². The summed E-state index contributed by atoms with van der Waals surface area (Å²) in [5, 5.41) is 2.79. The van der Waals surface area contributed by atoms with Crippen molar-refractivity contribution >= 4 is 21.6 Å². The standard InChI is InChI=1S/C21H27N3O5S/c1-23-11-13-24(14-12-23)30(26,27)18-9-7-17(8-10-18)22-21(25)19-5-3-4-6-20(19)29-16-15-28-2/h3-10H,11-16H2,1-2H3,(H,22,25). The number of ether oxygens (including phenoxy) is 2. The van der Waals surface area contributed by atoms with Crippen LogP contribution in [0.25, 0.3) is 0 Å². The van der Waals surface area contributed by atoms with Crippen molar-refractivity contribution in [2.24, 2.45) is 0 Å². The molecule has 1 saturated heterocycles. The van der Waals surface area contributed by atoms with Crippen LogP contribution >= 0.6 is 0 Å². The minimum absolute atomic E-state index is 0.216. The Morgan fingerprint density at radius 2 is 1.67 bits per heavy atom. The zero-order valence-corrected chi connectivity index (χ0v) is 18.0. The van der Waals surface area contributed by atoms with Crippen LogP contribution in [-0.2, 0) is 14.8 Å². The van der Waals surface area contributed by atoms with Gasteiger partial charge in [-0.3, -0.25) is 4.79 Å². The molecular weight excluding hydrogens is 406 g/mol. The van der Waals surface area contributed by atoms with Gasteiger partial charge in [0.1, 0.15) is 12.4 Å². The highest BCUT2D eigenvalue weighted by atomic mass is 32.2. The lowest BCUT2D eigenvalue weighted by atomic mass is 10.2. The number of carbonyl (C=O) groups excluding carboxylic acids is 1. The number of methoxy groups -OCH3 is 1. The highest BCUT2D eigenvalue weighted by molar-refractivity contribution is 7.89. The van der Waals surface area contributed by atoms with Crippen LogP contribution in [0, 0.1) is 0 Å². The van der Waals surface area contributed by atoms with Crippen molar-refractivity contribution < 1.29 is 22.7 Å². The molecule has 9 heteroatoms. The van der Waals surface area contributed by atoms with E-state index >= 15 is 0 Å². The van der Waals surface area contributed by atoms with E-state index in [1.165, 1.54) is 16.4 Å². The third-order valence-corrected chi connectivity index (χ3v) is 6.80. The van der Waals surface area contributed by atoms with Gasteiger partial charge in [0.2, 0.25) is 10.0 Å². The molecule has 0 aliphatic carbocycles. The third kappa shape index (κ3) is 5.37. The van der Waals surface area contributed by atoms with E-state index in [1.807, 2.05) is 7.05 Å². The molecule has 162 valence electrons. The van der Waals surface area contributed by atoms with Gasteiger partial charge in [-0.25, -0.2) is 8.42 Å². The number of amides is 1. The molecule has 2 aromatic rings. The summed E-state index contributed by atoms with van der Waals surface area (Å²) in [6.45, 7) is 3.10. The molecule has 1 amide bonds. The molecule has 3 rings (SSSR count). The summed E-state index contributed by atoms with van der Waals surface area (Å²) in [7, 11) is 0.0131. The maximum absolute atomic E-state index is 12.8. The number of hydrogen-bond acceptors (Lipinski definition) is 6. The van der Waals surface area contributed by atoms with E-state index in [4.69, 9.17) is 9.47 Å². The molecule has 1 fully saturated rings. The van der Waals surface area contributed by atoms with Crippen LogP contribution in [0.1, 0.15) is 10.4 Å². The number of sulfonamides is 1. The average Bonchev–Trinajstić information content (AvgIpc) is 2.75. The second kappa shape index (κ2) is 10.0. The summed E-state index contributed by atoms with van der Waals surface area (Å²) in [5.74, 6) is 0.124. The van der Waals surface area contributed by atoms with Gasteiger partial charge in [0.25, 0.3) is 5.91 Å². The largest absolute Gasteiger partial charge is 0.490 e. The zero-order chi connectivity index (χ0) is 21.6. The molecule has 0 unspecified atom stereocenters. The van der Waals surface area contributed by atoms with Gasteiger partial charge < -0.3 is 19.7 Å². The van der Waals surface area contributed by atoms with E-state index in [0.717, 1.165) is 0 Å². The van der Waals surface area contributed by atoms with Crippen molar-refractivity contribution in [2.45, 2.75) is 4.90 Å². The van der Waals surface area contributed by atoms with E-state index in [1.54, 1.807) is 43.5 Å². The number of benzene rings is 2. The minimum Gasteiger partial charge on any atom is -0.490 e. The van der Waals surface area contributed by atoms with Gasteiger partial charge in [0, 0.05) is 39.0 Å². The Kier molecular flexibility index (Phi) is 7.43. The van der Waals surface area contributed by atoms with Crippen molar-refractivity contribution in [1.29, 1.82) is 0 Å². The molecule has 2 aromatic carbocycles. The Morgan fingerprint density at radius 3 is 2.33 bits per heavy atom. The Balaban J connectivity index is 1.68. The van der Waals surface area contributed by atoms with Crippen molar-refractivity contribution in [3.05, 3.63) is 54.1 Å². The van der Waals surface area contributed by atoms with E-state index in [-0.39, 0.29) is 10.8 Å². The van der Waals surface area contributed by atoms with Gasteiger partial charge in [0.15, 0.2) is 0 Å². The summed E-state index contributed by atoms with van der Waals surface area (Å²) < 4.78 is 37.7. The van der Waals surface area contributed by atoms with E-state index in [0.29, 0.717) is 56.4 Å². The van der Waals surface area contributed by atoms with Gasteiger partial charge in [0.05, 0.1) is 17.1 Å². The number of para-hydroxylation sites is 1. The highest BCUT2D eigenvalue weighted by Gasteiger charge is 2.27. The first-order valence-electron chi connectivity index (χ1n) is 9.72. The van der Waals surface area contributed by atoms with Crippen molar-refractivity contribution in [3.63, 3.8) is 0 Å². The number of carbonyl (C=O) groups is 1. The van der Waals surface area contributed by atoms with Crippen LogP contribution in [-0.4, -0.2) is 77.1 Å². The first-order valence-corrected chi connectivity index (χ1v) is 11.2. The first-order chi connectivity index (χ1) is 14.4. The third-order valence-electron chi connectivity index (χ3n) is 4.89. The Morgan fingerprint density at radius 1 is 1.00 bits per heavy atom. The summed E-state index contributed by atoms with van der Waals surface area (Å²) in [5.41, 5.74) is 0.895. The summed E-state index contributed by atoms with van der Waals surface area (Å²) >= 11 is 0. The minimum atomic E-state index is -3.54. The molecule has 0 saturated carbocycles. The fourth-order valence-electron chi connectivity index (χ4n) is 3.10. The fourth-order valence-corrected chi connectivity index (χ4v) is 4.52. The van der Waals surface area contributed by atoms with Crippen LogP contribution in [0.15, 0.2) is 53.4 Å². The SMILES string of the molecule is COCCOc1ccccc1C(=O)Nc1ccc(S(=O)(=O)N2CCN(C)CC2)cc1. The molecule has 0 atom stereocenters. The fraction of sp³-hybridized carbons (Fsp3) is 0.381. The molecule has 30 heavy (non-hydrogen) atoms. The van der Waals surface area contributed by atoms with Crippen LogP contribution in [0.4, 0.5) is 5.69 Å². The Labute approximate surface area is 177 Å². The maximum Gasteiger partial charge on any atom is 0.259 e. The number of hydrogen-bond donors (Lipinski definition) is 1. The molecule has 1 aliphatic heterocycles. The van der Waals surface area contributed by atoms with Crippen LogP contribution in [0.5, 0.6) is 5.75 Å². The van der Waals surface area contributed by atoms with Gasteiger partial charge in [-0.2, -0.15) is 4.31 Å². The number of nitrogens with zero attached hydrogens (tertiary/aromatic N) is 2. The Bertz CT molecular complexity index is 955. The lowest BCUT2D eigenvalue weighted by molar-refractivity contribution is 0.101. The summed E-state index contributed by atoms with van der Waals surface area (Å²) in [6, 6.07) is 13.2. The molecular formula is C21H27N3O5S. The highest BCUT2D eigenvalue weighted by Crippen LogP contribution is 2.22. The molecule has 0 aromatic heterocycles.